The third-order valence-electron chi connectivity index (χ3n) is 13.7. The Kier molecular flexibility index (Phi) is 17.4. The number of esters is 2. The van der Waals surface area contributed by atoms with Crippen LogP contribution in [0.5, 0.6) is 0 Å². The van der Waals surface area contributed by atoms with Gasteiger partial charge in [0.05, 0.1) is 57.4 Å². The van der Waals surface area contributed by atoms with Gasteiger partial charge < -0.3 is 40.2 Å². The van der Waals surface area contributed by atoms with Gasteiger partial charge in [-0.25, -0.2) is 0 Å². The first-order valence-electron chi connectivity index (χ1n) is 23.8. The monoisotopic (exact) mass is 1080 g/mol. The van der Waals surface area contributed by atoms with E-state index in [0.29, 0.717) is 32.6 Å². The normalized spacial score (nSPS) is 28.8. The molecule has 12 atom stereocenters. The van der Waals surface area contributed by atoms with Crippen molar-refractivity contribution in [2.24, 2.45) is 17.8 Å². The number of cyclic esters (lactones) is 2. The van der Waals surface area contributed by atoms with Crippen LogP contribution in [0.25, 0.3) is 10.9 Å². The number of hydrogen-bond donors (Lipinski definition) is 6. The molecule has 10 rings (SSSR count). The average molecular weight is 1080 g/mol. The van der Waals surface area contributed by atoms with E-state index in [0.717, 1.165) is 36.7 Å². The molecule has 0 bridgehead atoms. The van der Waals surface area contributed by atoms with E-state index >= 15 is 0 Å². The zero-order chi connectivity index (χ0) is 49.5. The van der Waals surface area contributed by atoms with Crippen molar-refractivity contribution >= 4 is 51.3 Å². The van der Waals surface area contributed by atoms with Crippen molar-refractivity contribution in [3.8, 4) is 0 Å². The maximum absolute atomic E-state index is 13.2. The van der Waals surface area contributed by atoms with E-state index < -0.39 is 36.3 Å². The standard InChI is InChI=1S/C24H29N3O4.C14H16INO4.C14H17NO4/c1-16(29)22-21(15-28)31-27(14-17-7-3-2-4-8-17)23(22)24(30)25-12-11-18-13-26-20-10-6-5-9-19(18)20;1-8-12-11(7-17)20-16(13(12)14(18)19-8)6-9-4-2-3-5-10(9)15;1-9-12-11(8-16)19-15(13(12)14(17)18-9)7-10-5-3-2-4-6-10/h2-10,13,16,21-23,26,28-29H,11-12,14-15H2,1H3,(H,25,30);2-5,8,11-13,17H,6-7H2,1H3;2-6,9,11-13,16H,7-8H2,1H3/t16-,21-,22+,23-;8-,11-,12+,13-;9-,11-,12+,13-/m000/s1. The number of hydrogen-bond acceptors (Lipinski definition) is 15. The number of aliphatic hydroxyl groups excluding tert-OH is 4. The van der Waals surface area contributed by atoms with Gasteiger partial charge >= 0.3 is 11.9 Å². The molecule has 1 aromatic heterocycles. The molecule has 6 heterocycles. The first-order valence-corrected chi connectivity index (χ1v) is 24.8. The summed E-state index contributed by atoms with van der Waals surface area (Å²) in [6.07, 6.45) is 0.0517. The molecule has 5 aliphatic heterocycles. The van der Waals surface area contributed by atoms with Crippen molar-refractivity contribution in [3.05, 3.63) is 141 Å². The molecular weight excluding hydrogens is 1010 g/mol. The van der Waals surface area contributed by atoms with Crippen LogP contribution in [0.15, 0.2) is 115 Å². The number of H-pyrrole nitrogens is 1. The van der Waals surface area contributed by atoms with Crippen molar-refractivity contribution < 1.29 is 58.8 Å². The van der Waals surface area contributed by atoms with Crippen LogP contribution in [0, 0.1) is 21.3 Å². The number of benzene rings is 4. The zero-order valence-electron chi connectivity index (χ0n) is 39.3. The van der Waals surface area contributed by atoms with Crippen molar-refractivity contribution in [1.29, 1.82) is 0 Å². The molecule has 0 saturated carbocycles. The van der Waals surface area contributed by atoms with Gasteiger partial charge in [-0.1, -0.05) is 97.1 Å². The number of nitrogens with one attached hydrogen (secondary N) is 2. The molecule has 0 spiro atoms. The highest BCUT2D eigenvalue weighted by atomic mass is 127. The number of amides is 1. The summed E-state index contributed by atoms with van der Waals surface area (Å²) in [5.74, 6) is -1.46. The molecule has 5 saturated heterocycles. The molecular formula is C52H62IN5O12. The predicted octanol–water partition coefficient (Wildman–Crippen LogP) is 4.05. The second-order valence-electron chi connectivity index (χ2n) is 18.3. The molecule has 5 aromatic rings. The fourth-order valence-electron chi connectivity index (χ4n) is 10.3. The number of rotatable bonds is 14. The second-order valence-corrected chi connectivity index (χ2v) is 19.4. The third kappa shape index (κ3) is 11.4. The number of hydroxylamine groups is 6. The summed E-state index contributed by atoms with van der Waals surface area (Å²) in [4.78, 5) is 57.7. The van der Waals surface area contributed by atoms with Crippen LogP contribution in [0.1, 0.15) is 43.0 Å². The van der Waals surface area contributed by atoms with Crippen LogP contribution in [0.2, 0.25) is 0 Å². The van der Waals surface area contributed by atoms with Crippen molar-refractivity contribution in [2.75, 3.05) is 26.4 Å². The van der Waals surface area contributed by atoms with Crippen LogP contribution in [0.3, 0.4) is 0 Å². The number of nitrogens with zero attached hydrogens (tertiary/aromatic N) is 3. The van der Waals surface area contributed by atoms with Crippen LogP contribution < -0.4 is 5.32 Å². The van der Waals surface area contributed by atoms with E-state index in [1.165, 1.54) is 0 Å². The molecule has 5 fully saturated rings. The fourth-order valence-corrected chi connectivity index (χ4v) is 10.8. The Morgan fingerprint density at radius 1 is 0.671 bits per heavy atom. The molecule has 5 aliphatic rings. The van der Waals surface area contributed by atoms with Crippen LogP contribution in [-0.2, 0) is 64.4 Å². The molecule has 18 heteroatoms. The zero-order valence-corrected chi connectivity index (χ0v) is 41.5. The van der Waals surface area contributed by atoms with Gasteiger partial charge in [0, 0.05) is 33.1 Å². The third-order valence-corrected chi connectivity index (χ3v) is 14.7. The van der Waals surface area contributed by atoms with Gasteiger partial charge in [0.15, 0.2) is 0 Å². The van der Waals surface area contributed by atoms with Gasteiger partial charge in [0.25, 0.3) is 0 Å². The maximum Gasteiger partial charge on any atom is 0.326 e. The predicted molar refractivity (Wildman–Crippen MR) is 264 cm³/mol. The highest BCUT2D eigenvalue weighted by Crippen LogP contribution is 2.40. The summed E-state index contributed by atoms with van der Waals surface area (Å²) in [6, 6.07) is 34.0. The molecule has 4 aromatic carbocycles. The molecule has 0 unspecified atom stereocenters. The van der Waals surface area contributed by atoms with Crippen LogP contribution in [-0.4, -0.2) is 140 Å². The molecule has 0 radical (unpaired) electrons. The SMILES string of the molecule is C[C@@H]1OC(=O)[C@@H]2[C@H]1[C@H](CO)ON2Cc1ccccc1.C[C@@H]1OC(=O)[C@@H]2[C@H]1[C@H](CO)ON2Cc1ccccc1I.C[C@H](O)[C@@H]1[C@H](CO)ON(Cc2ccccc2)[C@@H]1C(=O)NCCc1c[nH]c2ccccc12. The van der Waals surface area contributed by atoms with E-state index in [1.807, 2.05) is 123 Å². The van der Waals surface area contributed by atoms with Gasteiger partial charge in [-0.2, -0.15) is 15.2 Å². The van der Waals surface area contributed by atoms with Gasteiger partial charge in [-0.15, -0.1) is 0 Å². The quantitative estimate of drug-likeness (QED) is 0.0684. The van der Waals surface area contributed by atoms with Crippen LogP contribution in [0.4, 0.5) is 0 Å². The Morgan fingerprint density at radius 2 is 1.17 bits per heavy atom. The van der Waals surface area contributed by atoms with Gasteiger partial charge in [-0.05, 0) is 84.2 Å². The largest absolute Gasteiger partial charge is 0.461 e. The Bertz CT molecular complexity index is 2520. The minimum Gasteiger partial charge on any atom is -0.461 e. The van der Waals surface area contributed by atoms with Gasteiger partial charge in [0.2, 0.25) is 5.91 Å². The summed E-state index contributed by atoms with van der Waals surface area (Å²) < 4.78 is 11.7. The smallest absolute Gasteiger partial charge is 0.326 e. The van der Waals surface area contributed by atoms with Crippen molar-refractivity contribution in [3.63, 3.8) is 0 Å². The summed E-state index contributed by atoms with van der Waals surface area (Å²) >= 11 is 2.26. The number of aromatic nitrogens is 1. The molecule has 374 valence electrons. The van der Waals surface area contributed by atoms with Crippen molar-refractivity contribution in [2.45, 2.75) is 102 Å². The summed E-state index contributed by atoms with van der Waals surface area (Å²) in [5, 5.41) is 48.0. The number of ether oxygens (including phenoxy) is 2. The van der Waals surface area contributed by atoms with E-state index in [4.69, 9.17) is 24.0 Å². The second kappa shape index (κ2) is 23.6. The highest BCUT2D eigenvalue weighted by molar-refractivity contribution is 14.1. The number of para-hydroxylation sites is 1. The first-order chi connectivity index (χ1) is 33.9. The van der Waals surface area contributed by atoms with E-state index in [1.54, 1.807) is 22.1 Å². The van der Waals surface area contributed by atoms with E-state index in [9.17, 15) is 34.8 Å². The van der Waals surface area contributed by atoms with Gasteiger partial charge in [-0.3, -0.25) is 28.9 Å². The minimum atomic E-state index is -0.803. The lowest BCUT2D eigenvalue weighted by Crippen LogP contribution is -2.49. The summed E-state index contributed by atoms with van der Waals surface area (Å²) in [6.45, 7) is 6.74. The first kappa shape index (κ1) is 51.5. The average Bonchev–Trinajstić information content (AvgIpc) is 4.22. The Morgan fingerprint density at radius 3 is 1.73 bits per heavy atom. The molecule has 0 aliphatic carbocycles. The topological polar surface area (TPSA) is 216 Å². The van der Waals surface area contributed by atoms with E-state index in [2.05, 4.69) is 39.0 Å². The van der Waals surface area contributed by atoms with Gasteiger partial charge in [0.1, 0.15) is 48.6 Å². The Hall–Kier alpha value is -4.84. The van der Waals surface area contributed by atoms with Crippen LogP contribution >= 0.6 is 22.6 Å². The van der Waals surface area contributed by atoms with E-state index in [-0.39, 0.29) is 73.9 Å². The summed E-state index contributed by atoms with van der Waals surface area (Å²) in [7, 11) is 0. The molecule has 17 nitrogen and oxygen atoms in total. The lowest BCUT2D eigenvalue weighted by Gasteiger charge is -2.26. The maximum atomic E-state index is 13.2. The Labute approximate surface area is 420 Å². The lowest BCUT2D eigenvalue weighted by atomic mass is 9.89. The molecule has 1 amide bonds. The Balaban J connectivity index is 0.000000147. The molecule has 70 heavy (non-hydrogen) atoms. The fraction of sp³-hybridized carbons (Fsp3) is 0.442. The number of carbonyl (C=O) groups excluding carboxylic acids is 3. The summed E-state index contributed by atoms with van der Waals surface area (Å²) in [5.41, 5.74) is 5.36. The number of carbonyl (C=O) groups is 3. The number of aromatic amines is 1. The minimum absolute atomic E-state index is 0.0961. The number of halogens is 1. The van der Waals surface area contributed by atoms with Crippen molar-refractivity contribution in [1.82, 2.24) is 25.5 Å². The number of fused-ring (bicyclic) bond motifs is 3. The molecule has 6 N–H and O–H groups in total. The lowest BCUT2D eigenvalue weighted by molar-refractivity contribution is -0.196. The number of aliphatic hydroxyl groups is 4. The highest BCUT2D eigenvalue weighted by Gasteiger charge is 2.57.